The molecule has 0 aliphatic heterocycles. The fourth-order valence-electron chi connectivity index (χ4n) is 2.39. The minimum absolute atomic E-state index is 0.857. The number of aromatic amines is 1. The highest BCUT2D eigenvalue weighted by Gasteiger charge is 2.13. The number of aromatic nitrogens is 1. The van der Waals surface area contributed by atoms with Gasteiger partial charge in [-0.05, 0) is 49.3 Å². The summed E-state index contributed by atoms with van der Waals surface area (Å²) in [6.45, 7) is 4.19. The molecule has 3 rings (SSSR count). The van der Waals surface area contributed by atoms with E-state index in [4.69, 9.17) is 0 Å². The Morgan fingerprint density at radius 2 is 1.90 bits per heavy atom. The third-order valence-electron chi connectivity index (χ3n) is 3.44. The summed E-state index contributed by atoms with van der Waals surface area (Å²) in [5.74, 6) is 0. The molecule has 3 aromatic rings. The van der Waals surface area contributed by atoms with Crippen LogP contribution in [0.25, 0.3) is 10.9 Å². The van der Waals surface area contributed by atoms with Crippen molar-refractivity contribution in [1.29, 1.82) is 0 Å². The summed E-state index contributed by atoms with van der Waals surface area (Å²) in [4.78, 5) is 6.74. The molecule has 4 heteroatoms. The third-order valence-corrected chi connectivity index (χ3v) is 5.58. The van der Waals surface area contributed by atoms with E-state index in [1.807, 2.05) is 12.1 Å². The van der Waals surface area contributed by atoms with Crippen LogP contribution >= 0.6 is 11.8 Å². The van der Waals surface area contributed by atoms with Crippen molar-refractivity contribution in [3.8, 4) is 0 Å². The predicted octanol–water partition coefficient (Wildman–Crippen LogP) is 4.67. The predicted molar refractivity (Wildman–Crippen MR) is 90.7 cm³/mol. The Balaban J connectivity index is 2.04. The maximum absolute atomic E-state index is 11.6. The molecule has 108 valence electrons. The van der Waals surface area contributed by atoms with Gasteiger partial charge in [0.15, 0.2) is 4.90 Å². The van der Waals surface area contributed by atoms with E-state index in [0.717, 1.165) is 16.1 Å². The van der Waals surface area contributed by atoms with Gasteiger partial charge in [-0.3, -0.25) is 0 Å². The quantitative estimate of drug-likeness (QED) is 0.713. The van der Waals surface area contributed by atoms with E-state index < -0.39 is 11.2 Å². The zero-order valence-electron chi connectivity index (χ0n) is 12.3. The molecule has 2 aromatic carbocycles. The summed E-state index contributed by atoms with van der Waals surface area (Å²) in [5, 5.41) is 1.19. The minimum atomic E-state index is -0.950. The van der Waals surface area contributed by atoms with Crippen molar-refractivity contribution in [2.75, 3.05) is 6.26 Å². The van der Waals surface area contributed by atoms with Crippen molar-refractivity contribution in [1.82, 2.24) is 4.98 Å². The number of benzene rings is 2. The van der Waals surface area contributed by atoms with Crippen molar-refractivity contribution < 1.29 is 4.55 Å². The number of rotatable bonds is 3. The van der Waals surface area contributed by atoms with Gasteiger partial charge in [-0.2, -0.15) is 0 Å². The minimum Gasteiger partial charge on any atom is -0.612 e. The molecule has 1 N–H and O–H groups in total. The highest BCUT2D eigenvalue weighted by atomic mass is 32.2. The van der Waals surface area contributed by atoms with E-state index in [1.54, 1.807) is 18.0 Å². The molecule has 2 nitrogen and oxygen atoms in total. The lowest BCUT2D eigenvalue weighted by Crippen LogP contribution is -1.96. The van der Waals surface area contributed by atoms with E-state index in [0.29, 0.717) is 0 Å². The SMILES string of the molecule is Cc1cccc(Sc2c(C)[nH]c3cc([S+](C)[O-])ccc23)c1. The van der Waals surface area contributed by atoms with Crippen LogP contribution in [-0.2, 0) is 11.2 Å². The van der Waals surface area contributed by atoms with Gasteiger partial charge in [-0.15, -0.1) is 0 Å². The summed E-state index contributed by atoms with van der Waals surface area (Å²) in [5.41, 5.74) is 3.46. The Labute approximate surface area is 132 Å². The summed E-state index contributed by atoms with van der Waals surface area (Å²) in [6, 6.07) is 14.5. The first kappa shape index (κ1) is 14.6. The van der Waals surface area contributed by atoms with E-state index in [1.165, 1.54) is 20.7 Å². The largest absolute Gasteiger partial charge is 0.612 e. The van der Waals surface area contributed by atoms with Crippen LogP contribution in [0.15, 0.2) is 57.2 Å². The van der Waals surface area contributed by atoms with Crippen molar-refractivity contribution in [3.05, 3.63) is 53.7 Å². The summed E-state index contributed by atoms with van der Waals surface area (Å²) >= 11 is 0.822. The fourth-order valence-corrected chi connectivity index (χ4v) is 4.06. The van der Waals surface area contributed by atoms with Crippen molar-refractivity contribution in [3.63, 3.8) is 0 Å². The lowest BCUT2D eigenvalue weighted by molar-refractivity contribution is 0.601. The zero-order chi connectivity index (χ0) is 15.0. The van der Waals surface area contributed by atoms with Gasteiger partial charge in [0, 0.05) is 26.9 Å². The van der Waals surface area contributed by atoms with Gasteiger partial charge in [0.05, 0.1) is 5.52 Å². The number of fused-ring (bicyclic) bond motifs is 1. The molecule has 0 fully saturated rings. The molecular weight excluding hydrogens is 298 g/mol. The van der Waals surface area contributed by atoms with Gasteiger partial charge >= 0.3 is 0 Å². The van der Waals surface area contributed by atoms with Gasteiger partial charge in [-0.1, -0.05) is 29.5 Å². The molecule has 0 radical (unpaired) electrons. The summed E-state index contributed by atoms with van der Waals surface area (Å²) in [6.07, 6.45) is 1.71. The van der Waals surface area contributed by atoms with E-state index >= 15 is 0 Å². The van der Waals surface area contributed by atoms with Gasteiger partial charge < -0.3 is 9.54 Å². The molecule has 1 aromatic heterocycles. The van der Waals surface area contributed by atoms with Crippen molar-refractivity contribution in [2.45, 2.75) is 28.5 Å². The lowest BCUT2D eigenvalue weighted by atomic mass is 10.2. The van der Waals surface area contributed by atoms with Gasteiger partial charge in [-0.25, -0.2) is 0 Å². The Morgan fingerprint density at radius 3 is 2.62 bits per heavy atom. The molecule has 1 atom stereocenters. The van der Waals surface area contributed by atoms with Crippen molar-refractivity contribution in [2.24, 2.45) is 0 Å². The van der Waals surface area contributed by atoms with Crippen LogP contribution < -0.4 is 0 Å². The van der Waals surface area contributed by atoms with Crippen LogP contribution in [0.4, 0.5) is 0 Å². The van der Waals surface area contributed by atoms with Crippen LogP contribution in [0, 0.1) is 13.8 Å². The van der Waals surface area contributed by atoms with Crippen LogP contribution in [0.2, 0.25) is 0 Å². The maximum Gasteiger partial charge on any atom is 0.154 e. The topological polar surface area (TPSA) is 38.8 Å². The summed E-state index contributed by atoms with van der Waals surface area (Å²) < 4.78 is 11.6. The molecule has 1 unspecified atom stereocenters. The third kappa shape index (κ3) is 2.98. The molecule has 0 bridgehead atoms. The molecule has 0 aliphatic carbocycles. The molecule has 0 saturated heterocycles. The van der Waals surface area contributed by atoms with E-state index in [2.05, 4.69) is 49.2 Å². The van der Waals surface area contributed by atoms with Gasteiger partial charge in [0.1, 0.15) is 6.26 Å². The first-order chi connectivity index (χ1) is 10.0. The molecule has 0 spiro atoms. The second-order valence-corrected chi connectivity index (χ2v) is 7.62. The zero-order valence-corrected chi connectivity index (χ0v) is 13.9. The fraction of sp³-hybridized carbons (Fsp3) is 0.176. The van der Waals surface area contributed by atoms with Crippen LogP contribution in [0.5, 0.6) is 0 Å². The number of hydrogen-bond donors (Lipinski definition) is 1. The first-order valence-corrected chi connectivity index (χ1v) is 9.12. The van der Waals surface area contributed by atoms with Crippen LogP contribution in [0.3, 0.4) is 0 Å². The Hall–Kier alpha value is -1.36. The second-order valence-electron chi connectivity index (χ2n) is 5.16. The first-order valence-electron chi connectivity index (χ1n) is 6.75. The highest BCUT2D eigenvalue weighted by Crippen LogP contribution is 2.37. The van der Waals surface area contributed by atoms with Crippen molar-refractivity contribution >= 4 is 33.8 Å². The molecular formula is C17H17NOS2. The highest BCUT2D eigenvalue weighted by molar-refractivity contribution is 7.99. The lowest BCUT2D eigenvalue weighted by Gasteiger charge is -2.05. The number of aryl methyl sites for hydroxylation is 2. The van der Waals surface area contributed by atoms with Gasteiger partial charge in [0.25, 0.3) is 0 Å². The Kier molecular flexibility index (Phi) is 4.02. The number of hydrogen-bond acceptors (Lipinski definition) is 2. The monoisotopic (exact) mass is 315 g/mol. The van der Waals surface area contributed by atoms with Crippen LogP contribution in [0.1, 0.15) is 11.3 Å². The van der Waals surface area contributed by atoms with E-state index in [-0.39, 0.29) is 0 Å². The normalized spacial score (nSPS) is 12.8. The molecule has 21 heavy (non-hydrogen) atoms. The average molecular weight is 315 g/mol. The Morgan fingerprint density at radius 1 is 1.10 bits per heavy atom. The standard InChI is InChI=1S/C17H17NOS2/c1-11-5-4-6-13(9-11)20-17-12(2)18-16-10-14(21(3)19)7-8-15(16)17/h4-10,18H,1-3H3. The summed E-state index contributed by atoms with van der Waals surface area (Å²) in [7, 11) is 0. The molecule has 1 heterocycles. The molecule has 0 saturated carbocycles. The smallest absolute Gasteiger partial charge is 0.154 e. The van der Waals surface area contributed by atoms with Crippen LogP contribution in [-0.4, -0.2) is 15.8 Å². The second kappa shape index (κ2) is 5.79. The number of H-pyrrole nitrogens is 1. The maximum atomic E-state index is 11.6. The number of nitrogens with one attached hydrogen (secondary N) is 1. The van der Waals surface area contributed by atoms with Gasteiger partial charge in [0.2, 0.25) is 0 Å². The molecule has 0 amide bonds. The average Bonchev–Trinajstić information content (AvgIpc) is 2.74. The van der Waals surface area contributed by atoms with E-state index in [9.17, 15) is 4.55 Å². The molecule has 0 aliphatic rings. The Bertz CT molecular complexity index is 793.